The first kappa shape index (κ1) is 27.9. The van der Waals surface area contributed by atoms with Gasteiger partial charge in [-0.25, -0.2) is 4.79 Å². The number of primary amides is 1. The molecule has 0 radical (unpaired) electrons. The monoisotopic (exact) mass is 563 g/mol. The fraction of sp³-hybridized carbons (Fsp3) is 0.310. The number of benzene rings is 2. The standard InChI is InChI=1S/C29H29N3O9/c1-32(2)22-17-10-12-9-16-15(11-6-13(28(39)41-3)8-14(30)7-11)4-5-18(33)20(16)23(34)19(12)25(36)29(17,40)26(37)21(24(22)35)27(31)38/h4-8,12,17,22,33-34,37,40H,9-10,30H2,1-3H3,(H2,31,38)/t12-,17-,22+,29+/m0/s1. The molecule has 2 aromatic rings. The lowest BCUT2D eigenvalue weighted by molar-refractivity contribution is -0.153. The summed E-state index contributed by atoms with van der Waals surface area (Å²) >= 11 is 0. The van der Waals surface area contributed by atoms with E-state index in [2.05, 4.69) is 0 Å². The highest BCUT2D eigenvalue weighted by Crippen LogP contribution is 2.53. The largest absolute Gasteiger partial charge is 0.508 e. The van der Waals surface area contributed by atoms with Gasteiger partial charge in [-0.3, -0.25) is 19.3 Å². The number of rotatable bonds is 4. The lowest BCUT2D eigenvalue weighted by Crippen LogP contribution is -2.65. The lowest BCUT2D eigenvalue weighted by Gasteiger charge is -2.50. The number of nitrogens with zero attached hydrogens (tertiary/aromatic N) is 1. The number of anilines is 1. The zero-order chi connectivity index (χ0) is 30.1. The van der Waals surface area contributed by atoms with Gasteiger partial charge in [0.2, 0.25) is 5.78 Å². The van der Waals surface area contributed by atoms with Crippen LogP contribution in [0.4, 0.5) is 5.69 Å². The highest BCUT2D eigenvalue weighted by Gasteiger charge is 2.64. The Kier molecular flexibility index (Phi) is 6.43. The van der Waals surface area contributed by atoms with Crippen molar-refractivity contribution in [2.45, 2.75) is 24.5 Å². The molecule has 1 fully saturated rings. The molecule has 5 rings (SSSR count). The number of esters is 1. The van der Waals surface area contributed by atoms with Gasteiger partial charge in [-0.1, -0.05) is 6.07 Å². The maximum Gasteiger partial charge on any atom is 0.337 e. The van der Waals surface area contributed by atoms with Gasteiger partial charge in [-0.05, 0) is 73.8 Å². The van der Waals surface area contributed by atoms with Crippen LogP contribution in [0.2, 0.25) is 0 Å². The Labute approximate surface area is 234 Å². The molecule has 214 valence electrons. The van der Waals surface area contributed by atoms with E-state index in [1.54, 1.807) is 18.2 Å². The first-order valence-electron chi connectivity index (χ1n) is 12.7. The van der Waals surface area contributed by atoms with E-state index >= 15 is 0 Å². The van der Waals surface area contributed by atoms with Gasteiger partial charge in [0.05, 0.1) is 24.3 Å². The quantitative estimate of drug-likeness (QED) is 0.175. The van der Waals surface area contributed by atoms with Crippen LogP contribution in [-0.4, -0.2) is 81.6 Å². The fourth-order valence-electron chi connectivity index (χ4n) is 6.56. The summed E-state index contributed by atoms with van der Waals surface area (Å²) in [4.78, 5) is 53.0. The molecule has 12 nitrogen and oxygen atoms in total. The SMILES string of the molecule is COC(=O)c1cc(N)cc(-c2ccc(O)c3c2C[C@H]2C[C@H]4[C@@H](N(C)C)C(=O)C(C(N)=O)=C(O)[C@]4(O)C(=O)C2=C3O)c1. The van der Waals surface area contributed by atoms with Crippen molar-refractivity contribution in [3.8, 4) is 16.9 Å². The summed E-state index contributed by atoms with van der Waals surface area (Å²) in [6, 6.07) is 6.31. The molecule has 0 spiro atoms. The number of amides is 1. The van der Waals surface area contributed by atoms with Crippen LogP contribution < -0.4 is 11.5 Å². The molecule has 8 N–H and O–H groups in total. The Morgan fingerprint density at radius 3 is 2.39 bits per heavy atom. The van der Waals surface area contributed by atoms with Crippen molar-refractivity contribution < 1.29 is 44.3 Å². The number of hydrogen-bond acceptors (Lipinski definition) is 11. The van der Waals surface area contributed by atoms with Crippen LogP contribution >= 0.6 is 0 Å². The minimum absolute atomic E-state index is 0.0504. The first-order valence-corrected chi connectivity index (χ1v) is 12.7. The molecule has 0 bridgehead atoms. The summed E-state index contributed by atoms with van der Waals surface area (Å²) in [7, 11) is 4.29. The van der Waals surface area contributed by atoms with Crippen LogP contribution in [0.3, 0.4) is 0 Å². The second-order valence-electron chi connectivity index (χ2n) is 10.8. The zero-order valence-corrected chi connectivity index (χ0v) is 22.5. The van der Waals surface area contributed by atoms with Crippen LogP contribution in [0.1, 0.15) is 27.9 Å². The third kappa shape index (κ3) is 3.90. The number of aliphatic hydroxyl groups excluding tert-OH is 2. The Balaban J connectivity index is 1.73. The number of carbonyl (C=O) groups is 4. The van der Waals surface area contributed by atoms with Crippen LogP contribution in [0.25, 0.3) is 16.9 Å². The molecule has 1 saturated carbocycles. The normalized spacial score (nSPS) is 25.5. The molecule has 4 atom stereocenters. The number of ether oxygens (including phenoxy) is 1. The smallest absolute Gasteiger partial charge is 0.337 e. The van der Waals surface area contributed by atoms with E-state index < -0.39 is 64.0 Å². The Morgan fingerprint density at radius 2 is 1.78 bits per heavy atom. The van der Waals surface area contributed by atoms with Crippen LogP contribution in [0.5, 0.6) is 5.75 Å². The van der Waals surface area contributed by atoms with E-state index in [0.717, 1.165) is 0 Å². The second kappa shape index (κ2) is 9.46. The zero-order valence-electron chi connectivity index (χ0n) is 22.5. The predicted molar refractivity (Wildman–Crippen MR) is 145 cm³/mol. The third-order valence-electron chi connectivity index (χ3n) is 8.29. The first-order chi connectivity index (χ1) is 19.2. The summed E-state index contributed by atoms with van der Waals surface area (Å²) in [5.41, 5.74) is 9.36. The number of Topliss-reactive ketones (excluding diaryl/α,β-unsaturated/α-hetero) is 2. The number of aliphatic hydroxyl groups is 3. The second-order valence-corrected chi connectivity index (χ2v) is 10.8. The summed E-state index contributed by atoms with van der Waals surface area (Å²) in [5.74, 6) is -7.91. The van der Waals surface area contributed by atoms with Crippen LogP contribution in [0, 0.1) is 11.8 Å². The molecule has 3 aliphatic rings. The Bertz CT molecular complexity index is 1620. The van der Waals surface area contributed by atoms with Gasteiger partial charge >= 0.3 is 5.97 Å². The number of nitrogens with two attached hydrogens (primary N) is 2. The predicted octanol–water partition coefficient (Wildman–Crippen LogP) is 1.000. The van der Waals surface area contributed by atoms with Crippen molar-refractivity contribution in [3.05, 3.63) is 63.9 Å². The summed E-state index contributed by atoms with van der Waals surface area (Å²) in [6.07, 6.45) is 0.0336. The lowest BCUT2D eigenvalue weighted by atomic mass is 9.57. The average Bonchev–Trinajstić information content (AvgIpc) is 2.89. The van der Waals surface area contributed by atoms with Crippen molar-refractivity contribution >= 4 is 34.9 Å². The van der Waals surface area contributed by atoms with Crippen molar-refractivity contribution in [3.63, 3.8) is 0 Å². The minimum atomic E-state index is -2.72. The fourth-order valence-corrected chi connectivity index (χ4v) is 6.56. The van der Waals surface area contributed by atoms with E-state index in [1.165, 1.54) is 38.2 Å². The van der Waals surface area contributed by atoms with Gasteiger partial charge in [-0.2, -0.15) is 0 Å². The van der Waals surface area contributed by atoms with Crippen molar-refractivity contribution in [2.75, 3.05) is 26.9 Å². The number of aromatic hydroxyl groups is 1. The number of phenols is 1. The molecule has 0 heterocycles. The van der Waals surface area contributed by atoms with Crippen LogP contribution in [-0.2, 0) is 25.5 Å². The molecular formula is C29H29N3O9. The van der Waals surface area contributed by atoms with Gasteiger partial charge < -0.3 is 36.6 Å². The molecule has 1 amide bonds. The van der Waals surface area contributed by atoms with E-state index in [0.29, 0.717) is 16.7 Å². The molecule has 0 aliphatic heterocycles. The molecule has 12 heteroatoms. The maximum absolute atomic E-state index is 14.0. The number of phenolic OH excluding ortho intramolecular Hbond substituents is 1. The van der Waals surface area contributed by atoms with E-state index in [1.807, 2.05) is 0 Å². The average molecular weight is 564 g/mol. The van der Waals surface area contributed by atoms with Gasteiger partial charge in [-0.15, -0.1) is 0 Å². The molecule has 41 heavy (non-hydrogen) atoms. The number of methoxy groups -OCH3 is 1. The maximum atomic E-state index is 14.0. The number of nitrogen functional groups attached to an aromatic ring is 1. The third-order valence-corrected chi connectivity index (χ3v) is 8.29. The number of carbonyl (C=O) groups excluding carboxylic acids is 4. The molecule has 2 aromatic carbocycles. The number of likely N-dealkylation sites (N-methyl/N-ethyl adjacent to an activating group) is 1. The number of hydrogen-bond donors (Lipinski definition) is 6. The number of ketones is 2. The Hall–Kier alpha value is -4.68. The molecule has 3 aliphatic carbocycles. The van der Waals surface area contributed by atoms with Gasteiger partial charge in [0.1, 0.15) is 22.8 Å². The molecule has 0 aromatic heterocycles. The van der Waals surface area contributed by atoms with E-state index in [9.17, 15) is 39.6 Å². The highest BCUT2D eigenvalue weighted by atomic mass is 16.5. The topological polar surface area (TPSA) is 214 Å². The summed E-state index contributed by atoms with van der Waals surface area (Å²) in [6.45, 7) is 0. The summed E-state index contributed by atoms with van der Waals surface area (Å²) < 4.78 is 4.81. The van der Waals surface area contributed by atoms with Crippen molar-refractivity contribution in [1.82, 2.24) is 4.90 Å². The van der Waals surface area contributed by atoms with Gasteiger partial charge in [0, 0.05) is 17.2 Å². The highest BCUT2D eigenvalue weighted by molar-refractivity contribution is 6.24. The molecule has 0 unspecified atom stereocenters. The van der Waals surface area contributed by atoms with Gasteiger partial charge in [0.25, 0.3) is 5.91 Å². The Morgan fingerprint density at radius 1 is 1.10 bits per heavy atom. The molecule has 0 saturated heterocycles. The van der Waals surface area contributed by atoms with Crippen molar-refractivity contribution in [1.29, 1.82) is 0 Å². The molecular weight excluding hydrogens is 534 g/mol. The van der Waals surface area contributed by atoms with E-state index in [-0.39, 0.29) is 41.0 Å². The summed E-state index contributed by atoms with van der Waals surface area (Å²) in [5, 5.41) is 44.9. The van der Waals surface area contributed by atoms with Crippen molar-refractivity contribution in [2.24, 2.45) is 17.6 Å². The van der Waals surface area contributed by atoms with E-state index in [4.69, 9.17) is 16.2 Å². The van der Waals surface area contributed by atoms with Crippen LogP contribution in [0.15, 0.2) is 47.2 Å². The number of fused-ring (bicyclic) bond motifs is 3. The van der Waals surface area contributed by atoms with Gasteiger partial charge in [0.15, 0.2) is 11.4 Å². The minimum Gasteiger partial charge on any atom is -0.508 e.